The van der Waals surface area contributed by atoms with Gasteiger partial charge in [0.1, 0.15) is 24.1 Å². The number of benzene rings is 3. The Bertz CT molecular complexity index is 1210. The highest BCUT2D eigenvalue weighted by molar-refractivity contribution is 14.1. The first-order valence-corrected chi connectivity index (χ1v) is 11.2. The Morgan fingerprint density at radius 2 is 1.94 bits per heavy atom. The van der Waals surface area contributed by atoms with Crippen molar-refractivity contribution in [3.63, 3.8) is 0 Å². The van der Waals surface area contributed by atoms with E-state index in [4.69, 9.17) is 9.47 Å². The lowest BCUT2D eigenvalue weighted by Gasteiger charge is -2.14. The lowest BCUT2D eigenvalue weighted by Crippen LogP contribution is -2.14. The summed E-state index contributed by atoms with van der Waals surface area (Å²) in [6.07, 6.45) is 1.42. The van der Waals surface area contributed by atoms with Gasteiger partial charge in [0, 0.05) is 4.47 Å². The van der Waals surface area contributed by atoms with Crippen molar-refractivity contribution >= 4 is 56.2 Å². The predicted molar refractivity (Wildman–Crippen MR) is 133 cm³/mol. The van der Waals surface area contributed by atoms with Gasteiger partial charge in [0.25, 0.3) is 5.91 Å². The quantitative estimate of drug-likeness (QED) is 0.194. The van der Waals surface area contributed by atoms with Crippen molar-refractivity contribution in [3.8, 4) is 17.6 Å². The van der Waals surface area contributed by atoms with Crippen molar-refractivity contribution in [2.24, 2.45) is 0 Å². The lowest BCUT2D eigenvalue weighted by atomic mass is 10.1. The van der Waals surface area contributed by atoms with Gasteiger partial charge in [-0.1, -0.05) is 40.2 Å². The van der Waals surface area contributed by atoms with Gasteiger partial charge in [-0.25, -0.2) is 4.39 Å². The molecule has 0 saturated heterocycles. The number of anilines is 1. The standard InChI is InChI=1S/C24H17BrFIN2O3/c1-31-22-12-16(10-17(13-28)24(30)29-21-5-3-2-4-19(21)26)11-20(27)23(22)32-14-15-6-8-18(25)9-7-15/h2-12H,14H2,1H3,(H,29,30)/b17-10+. The summed E-state index contributed by atoms with van der Waals surface area (Å²) in [5.74, 6) is -0.265. The van der Waals surface area contributed by atoms with Gasteiger partial charge in [-0.05, 0) is 76.2 Å². The van der Waals surface area contributed by atoms with Crippen LogP contribution in [0.3, 0.4) is 0 Å². The molecule has 3 aromatic carbocycles. The van der Waals surface area contributed by atoms with Gasteiger partial charge in [-0.15, -0.1) is 0 Å². The van der Waals surface area contributed by atoms with E-state index in [0.717, 1.165) is 13.6 Å². The number of carbonyl (C=O) groups excluding carboxylic acids is 1. The van der Waals surface area contributed by atoms with Crippen LogP contribution in [0.15, 0.2) is 70.7 Å². The molecule has 0 atom stereocenters. The van der Waals surface area contributed by atoms with E-state index in [1.807, 2.05) is 30.3 Å². The molecule has 0 aliphatic rings. The minimum absolute atomic E-state index is 0.00232. The number of hydrogen-bond donors (Lipinski definition) is 1. The van der Waals surface area contributed by atoms with Gasteiger partial charge in [0.2, 0.25) is 0 Å². The molecule has 3 rings (SSSR count). The molecule has 0 heterocycles. The summed E-state index contributed by atoms with van der Waals surface area (Å²) in [6, 6.07) is 18.8. The molecule has 0 radical (unpaired) electrons. The van der Waals surface area contributed by atoms with Crippen LogP contribution < -0.4 is 14.8 Å². The molecule has 1 N–H and O–H groups in total. The molecule has 0 unspecified atom stereocenters. The zero-order valence-corrected chi connectivity index (χ0v) is 20.6. The molecule has 0 spiro atoms. The van der Waals surface area contributed by atoms with Gasteiger partial charge < -0.3 is 14.8 Å². The second-order valence-electron chi connectivity index (χ2n) is 6.55. The van der Waals surface area contributed by atoms with Crippen LogP contribution in [0.2, 0.25) is 0 Å². The van der Waals surface area contributed by atoms with Crippen LogP contribution in [0.5, 0.6) is 11.5 Å². The molecule has 8 heteroatoms. The minimum atomic E-state index is -0.706. The number of hydrogen-bond acceptors (Lipinski definition) is 4. The molecular formula is C24H17BrFIN2O3. The highest BCUT2D eigenvalue weighted by Crippen LogP contribution is 2.35. The fourth-order valence-electron chi connectivity index (χ4n) is 2.77. The number of nitrogens with one attached hydrogen (secondary N) is 1. The number of carbonyl (C=O) groups is 1. The molecule has 32 heavy (non-hydrogen) atoms. The number of para-hydroxylation sites is 1. The van der Waals surface area contributed by atoms with Gasteiger partial charge >= 0.3 is 0 Å². The molecule has 0 saturated carbocycles. The van der Waals surface area contributed by atoms with Gasteiger partial charge in [0.15, 0.2) is 11.5 Å². The zero-order chi connectivity index (χ0) is 23.1. The Kier molecular flexibility index (Phi) is 8.25. The van der Waals surface area contributed by atoms with E-state index in [1.165, 1.54) is 31.4 Å². The highest BCUT2D eigenvalue weighted by atomic mass is 127. The summed E-state index contributed by atoms with van der Waals surface area (Å²) in [5, 5.41) is 11.9. The van der Waals surface area contributed by atoms with E-state index in [-0.39, 0.29) is 11.3 Å². The minimum Gasteiger partial charge on any atom is -0.493 e. The topological polar surface area (TPSA) is 71.3 Å². The lowest BCUT2D eigenvalue weighted by molar-refractivity contribution is -0.112. The fourth-order valence-corrected chi connectivity index (χ4v) is 3.81. The summed E-state index contributed by atoms with van der Waals surface area (Å²) in [5.41, 5.74) is 1.39. The largest absolute Gasteiger partial charge is 0.493 e. The summed E-state index contributed by atoms with van der Waals surface area (Å²) in [4.78, 5) is 12.5. The van der Waals surface area contributed by atoms with Crippen molar-refractivity contribution in [1.29, 1.82) is 5.26 Å². The van der Waals surface area contributed by atoms with Crippen molar-refractivity contribution < 1.29 is 18.7 Å². The van der Waals surface area contributed by atoms with E-state index in [2.05, 4.69) is 43.8 Å². The molecule has 0 fully saturated rings. The van der Waals surface area contributed by atoms with Crippen LogP contribution in [0.4, 0.5) is 10.1 Å². The maximum absolute atomic E-state index is 13.8. The van der Waals surface area contributed by atoms with Crippen molar-refractivity contribution in [2.45, 2.75) is 6.61 Å². The molecule has 0 aliphatic heterocycles. The number of rotatable bonds is 7. The Morgan fingerprint density at radius 3 is 2.59 bits per heavy atom. The number of methoxy groups -OCH3 is 1. The molecule has 0 aromatic heterocycles. The number of halogens is 3. The third kappa shape index (κ3) is 6.08. The normalized spacial score (nSPS) is 10.9. The SMILES string of the molecule is COc1cc(/C=C(\C#N)C(=O)Nc2ccccc2F)cc(I)c1OCc1ccc(Br)cc1. The van der Waals surface area contributed by atoms with Crippen molar-refractivity contribution in [1.82, 2.24) is 0 Å². The average molecular weight is 607 g/mol. The molecular weight excluding hydrogens is 590 g/mol. The summed E-state index contributed by atoms with van der Waals surface area (Å²) in [6.45, 7) is 0.351. The third-order valence-electron chi connectivity index (χ3n) is 4.35. The average Bonchev–Trinajstić information content (AvgIpc) is 2.79. The Balaban J connectivity index is 1.82. The zero-order valence-electron chi connectivity index (χ0n) is 16.9. The van der Waals surface area contributed by atoms with Crippen LogP contribution >= 0.6 is 38.5 Å². The number of ether oxygens (including phenoxy) is 2. The van der Waals surface area contributed by atoms with Crippen LogP contribution in [-0.2, 0) is 11.4 Å². The van der Waals surface area contributed by atoms with Crippen LogP contribution in [0.25, 0.3) is 6.08 Å². The number of nitriles is 1. The van der Waals surface area contributed by atoms with E-state index in [0.29, 0.717) is 23.7 Å². The van der Waals surface area contributed by atoms with Crippen molar-refractivity contribution in [3.05, 3.63) is 91.2 Å². The molecule has 0 aliphatic carbocycles. The van der Waals surface area contributed by atoms with Gasteiger partial charge in [0.05, 0.1) is 16.4 Å². The molecule has 5 nitrogen and oxygen atoms in total. The van der Waals surface area contributed by atoms with Crippen LogP contribution in [0.1, 0.15) is 11.1 Å². The second-order valence-corrected chi connectivity index (χ2v) is 8.63. The molecule has 3 aromatic rings. The summed E-state index contributed by atoms with van der Waals surface area (Å²) >= 11 is 5.51. The first-order chi connectivity index (χ1) is 15.4. The first kappa shape index (κ1) is 23.8. The number of nitrogens with zero attached hydrogens (tertiary/aromatic N) is 1. The van der Waals surface area contributed by atoms with E-state index in [1.54, 1.807) is 18.2 Å². The summed E-state index contributed by atoms with van der Waals surface area (Å²) < 4.78 is 27.0. The summed E-state index contributed by atoms with van der Waals surface area (Å²) in [7, 11) is 1.52. The molecule has 162 valence electrons. The Hall–Kier alpha value is -2.90. The second kappa shape index (κ2) is 11.1. The van der Waals surface area contributed by atoms with E-state index < -0.39 is 11.7 Å². The Labute approximate surface area is 207 Å². The van der Waals surface area contributed by atoms with Gasteiger partial charge in [-0.3, -0.25) is 4.79 Å². The van der Waals surface area contributed by atoms with E-state index >= 15 is 0 Å². The predicted octanol–water partition coefficient (Wildman–Crippen LogP) is 6.33. The fraction of sp³-hybridized carbons (Fsp3) is 0.0833. The first-order valence-electron chi connectivity index (χ1n) is 9.33. The highest BCUT2D eigenvalue weighted by Gasteiger charge is 2.15. The van der Waals surface area contributed by atoms with Crippen LogP contribution in [-0.4, -0.2) is 13.0 Å². The number of amides is 1. The van der Waals surface area contributed by atoms with Gasteiger partial charge in [-0.2, -0.15) is 5.26 Å². The third-order valence-corrected chi connectivity index (χ3v) is 5.68. The van der Waals surface area contributed by atoms with Crippen molar-refractivity contribution in [2.75, 3.05) is 12.4 Å². The van der Waals surface area contributed by atoms with Crippen LogP contribution in [0, 0.1) is 20.7 Å². The maximum atomic E-state index is 13.8. The van der Waals surface area contributed by atoms with E-state index in [9.17, 15) is 14.4 Å². The monoisotopic (exact) mass is 606 g/mol. The molecule has 0 bridgehead atoms. The maximum Gasteiger partial charge on any atom is 0.266 e. The smallest absolute Gasteiger partial charge is 0.266 e. The molecule has 1 amide bonds. The Morgan fingerprint density at radius 1 is 1.22 bits per heavy atom.